The minimum absolute atomic E-state index is 0.0725. The van der Waals surface area contributed by atoms with Gasteiger partial charge in [-0.05, 0) is 76.6 Å². The van der Waals surface area contributed by atoms with E-state index < -0.39 is 80.8 Å². The molecule has 256 valence electrons. The van der Waals surface area contributed by atoms with Gasteiger partial charge in [0.05, 0.1) is 27.8 Å². The summed E-state index contributed by atoms with van der Waals surface area (Å²) in [4.78, 5) is 28.0. The Morgan fingerprint density at radius 3 is 2.08 bits per heavy atom. The Labute approximate surface area is 280 Å². The second kappa shape index (κ2) is 13.9. The number of hydrogen-bond acceptors (Lipinski definition) is 4. The zero-order valence-electron chi connectivity index (χ0n) is 23.1. The van der Waals surface area contributed by atoms with Crippen molar-refractivity contribution in [3.63, 3.8) is 0 Å². The molecular formula is C29H15BrClF11N2O3S. The summed E-state index contributed by atoms with van der Waals surface area (Å²) in [6, 6.07) is 9.76. The zero-order valence-corrected chi connectivity index (χ0v) is 26.3. The normalized spacial score (nSPS) is 12.3. The standard InChI is InChI=1S/C29H15BrClF11N2O3S/c30-18-10-14(27(36,28(37,38)39)29(40,41)42)11-20(47-26(34)35)23(18)43-24(45)17-2-1-3-19(22(17)33)44(12-16-8-9-21(31)48-16)25(46)13-4-6-15(32)7-5-13/h1-11,26H,12H2,(H,43,45). The van der Waals surface area contributed by atoms with Crippen molar-refractivity contribution < 1.29 is 62.6 Å². The molecule has 0 saturated carbocycles. The molecule has 0 aliphatic heterocycles. The van der Waals surface area contributed by atoms with E-state index in [-0.39, 0.29) is 24.2 Å². The van der Waals surface area contributed by atoms with Crippen LogP contribution < -0.4 is 15.0 Å². The SMILES string of the molecule is O=C(Nc1c(Br)cc(C(F)(C(F)(F)F)C(F)(F)F)cc1OC(F)F)c1cccc(N(Cc2ccc(Cl)s2)C(=O)c2ccc(F)cc2)c1F. The van der Waals surface area contributed by atoms with E-state index >= 15 is 4.39 Å². The van der Waals surface area contributed by atoms with Gasteiger partial charge in [-0.3, -0.25) is 9.59 Å². The maximum atomic E-state index is 16.0. The van der Waals surface area contributed by atoms with Crippen LogP contribution in [-0.2, 0) is 12.2 Å². The maximum Gasteiger partial charge on any atom is 0.435 e. The van der Waals surface area contributed by atoms with Crippen molar-refractivity contribution in [2.45, 2.75) is 31.2 Å². The van der Waals surface area contributed by atoms with Gasteiger partial charge in [-0.1, -0.05) is 17.7 Å². The van der Waals surface area contributed by atoms with Crippen LogP contribution in [0.25, 0.3) is 0 Å². The van der Waals surface area contributed by atoms with E-state index in [0.29, 0.717) is 9.21 Å². The summed E-state index contributed by atoms with van der Waals surface area (Å²) < 4.78 is 154. The Morgan fingerprint density at radius 1 is 0.917 bits per heavy atom. The molecule has 0 spiro atoms. The van der Waals surface area contributed by atoms with Gasteiger partial charge in [0.25, 0.3) is 11.8 Å². The molecule has 5 nitrogen and oxygen atoms in total. The fourth-order valence-corrected chi connectivity index (χ4v) is 5.89. The highest BCUT2D eigenvalue weighted by molar-refractivity contribution is 9.10. The van der Waals surface area contributed by atoms with Gasteiger partial charge in [0.2, 0.25) is 0 Å². The fourth-order valence-electron chi connectivity index (χ4n) is 4.27. The molecule has 4 aromatic rings. The third-order valence-electron chi connectivity index (χ3n) is 6.48. The predicted molar refractivity (Wildman–Crippen MR) is 156 cm³/mol. The smallest absolute Gasteiger partial charge is 0.433 e. The van der Waals surface area contributed by atoms with E-state index in [1.165, 1.54) is 12.1 Å². The molecule has 1 heterocycles. The summed E-state index contributed by atoms with van der Waals surface area (Å²) in [7, 11) is 0. The number of benzene rings is 3. The lowest BCUT2D eigenvalue weighted by Gasteiger charge is -2.31. The molecule has 2 amide bonds. The molecule has 0 radical (unpaired) electrons. The number of amides is 2. The second-order valence-corrected chi connectivity index (χ2v) is 12.2. The number of alkyl halides is 9. The monoisotopic (exact) mass is 794 g/mol. The minimum atomic E-state index is -6.62. The molecule has 0 bridgehead atoms. The average Bonchev–Trinajstić information content (AvgIpc) is 3.40. The van der Waals surface area contributed by atoms with Gasteiger partial charge < -0.3 is 15.0 Å². The molecule has 3 aromatic carbocycles. The first-order chi connectivity index (χ1) is 22.2. The van der Waals surface area contributed by atoms with E-state index in [9.17, 15) is 53.5 Å². The summed E-state index contributed by atoms with van der Waals surface area (Å²) >= 11 is 9.52. The quantitative estimate of drug-likeness (QED) is 0.172. The van der Waals surface area contributed by atoms with Gasteiger partial charge in [-0.15, -0.1) is 11.3 Å². The van der Waals surface area contributed by atoms with Gasteiger partial charge in [-0.25, -0.2) is 13.2 Å². The number of anilines is 2. The lowest BCUT2D eigenvalue weighted by molar-refractivity contribution is -0.348. The number of nitrogens with zero attached hydrogens (tertiary/aromatic N) is 1. The van der Waals surface area contributed by atoms with E-state index in [0.717, 1.165) is 58.7 Å². The number of halogens is 13. The van der Waals surface area contributed by atoms with Gasteiger partial charge in [0.1, 0.15) is 5.82 Å². The van der Waals surface area contributed by atoms with Crippen molar-refractivity contribution in [3.8, 4) is 5.75 Å². The molecule has 0 aliphatic rings. The van der Waals surface area contributed by atoms with Crippen molar-refractivity contribution in [2.75, 3.05) is 10.2 Å². The summed E-state index contributed by atoms with van der Waals surface area (Å²) in [6.07, 6.45) is -13.2. The Bertz CT molecular complexity index is 1820. The highest BCUT2D eigenvalue weighted by Crippen LogP contribution is 2.55. The van der Waals surface area contributed by atoms with Crippen LogP contribution in [-0.4, -0.2) is 30.8 Å². The highest BCUT2D eigenvalue weighted by atomic mass is 79.9. The van der Waals surface area contributed by atoms with Crippen molar-refractivity contribution in [2.24, 2.45) is 0 Å². The van der Waals surface area contributed by atoms with E-state index in [4.69, 9.17) is 11.6 Å². The van der Waals surface area contributed by atoms with Crippen LogP contribution >= 0.6 is 38.9 Å². The van der Waals surface area contributed by atoms with Crippen molar-refractivity contribution in [3.05, 3.63) is 109 Å². The molecule has 1 N–H and O–H groups in total. The van der Waals surface area contributed by atoms with Crippen LogP contribution in [0.1, 0.15) is 31.2 Å². The van der Waals surface area contributed by atoms with Crippen molar-refractivity contribution >= 4 is 62.1 Å². The number of carbonyl (C=O) groups excluding carboxylic acids is 2. The molecule has 1 aromatic heterocycles. The number of nitrogens with one attached hydrogen (secondary N) is 1. The number of ether oxygens (including phenoxy) is 1. The first kappa shape index (κ1) is 36.9. The van der Waals surface area contributed by atoms with E-state index in [2.05, 4.69) is 20.7 Å². The molecular weight excluding hydrogens is 781 g/mol. The Morgan fingerprint density at radius 2 is 1.54 bits per heavy atom. The van der Waals surface area contributed by atoms with Crippen LogP contribution in [0.2, 0.25) is 4.34 Å². The van der Waals surface area contributed by atoms with Crippen LogP contribution in [0, 0.1) is 11.6 Å². The average molecular weight is 796 g/mol. The molecule has 0 saturated heterocycles. The van der Waals surface area contributed by atoms with Crippen LogP contribution in [0.4, 0.5) is 59.7 Å². The minimum Gasteiger partial charge on any atom is -0.433 e. The highest BCUT2D eigenvalue weighted by Gasteiger charge is 2.73. The number of hydrogen-bond donors (Lipinski definition) is 1. The topological polar surface area (TPSA) is 58.6 Å². The molecule has 0 fully saturated rings. The third-order valence-corrected chi connectivity index (χ3v) is 8.32. The van der Waals surface area contributed by atoms with Crippen molar-refractivity contribution in [1.29, 1.82) is 0 Å². The summed E-state index contributed by atoms with van der Waals surface area (Å²) in [5.41, 5.74) is -10.8. The first-order valence-corrected chi connectivity index (χ1v) is 14.8. The fraction of sp³-hybridized carbons (Fsp3) is 0.172. The molecule has 0 unspecified atom stereocenters. The molecule has 0 atom stereocenters. The Hall–Kier alpha value is -3.90. The molecule has 0 aliphatic carbocycles. The largest absolute Gasteiger partial charge is 0.435 e. The first-order valence-electron chi connectivity index (χ1n) is 12.8. The lowest BCUT2D eigenvalue weighted by atomic mass is 9.93. The number of thiophene rings is 1. The second-order valence-electron chi connectivity index (χ2n) is 9.56. The van der Waals surface area contributed by atoms with Gasteiger partial charge in [0, 0.05) is 20.5 Å². The zero-order chi connectivity index (χ0) is 35.8. The van der Waals surface area contributed by atoms with Crippen LogP contribution in [0.5, 0.6) is 5.75 Å². The third kappa shape index (κ3) is 7.54. The van der Waals surface area contributed by atoms with Gasteiger partial charge in [-0.2, -0.15) is 35.1 Å². The summed E-state index contributed by atoms with van der Waals surface area (Å²) in [5.74, 6) is -6.00. The Balaban J connectivity index is 1.78. The molecule has 19 heteroatoms. The lowest BCUT2D eigenvalue weighted by Crippen LogP contribution is -2.50. The predicted octanol–water partition coefficient (Wildman–Crippen LogP) is 10.4. The number of carbonyl (C=O) groups is 2. The summed E-state index contributed by atoms with van der Waals surface area (Å²) in [6.45, 7) is -4.22. The van der Waals surface area contributed by atoms with Crippen molar-refractivity contribution in [1.82, 2.24) is 0 Å². The van der Waals surface area contributed by atoms with Gasteiger partial charge in [0.15, 0.2) is 11.6 Å². The summed E-state index contributed by atoms with van der Waals surface area (Å²) in [5, 5.41) is 1.85. The maximum absolute atomic E-state index is 16.0. The number of rotatable bonds is 9. The van der Waals surface area contributed by atoms with E-state index in [1.807, 2.05) is 5.32 Å². The van der Waals surface area contributed by atoms with E-state index in [1.54, 1.807) is 0 Å². The van der Waals surface area contributed by atoms with Gasteiger partial charge >= 0.3 is 24.6 Å². The van der Waals surface area contributed by atoms with Crippen LogP contribution in [0.3, 0.4) is 0 Å². The molecule has 48 heavy (non-hydrogen) atoms. The molecule has 4 rings (SSSR count). The Kier molecular flexibility index (Phi) is 10.7. The van der Waals surface area contributed by atoms with Crippen LogP contribution in [0.15, 0.2) is 71.2 Å².